The first-order valence-electron chi connectivity index (χ1n) is 10.7. The van der Waals surface area contributed by atoms with Crippen LogP contribution in [0.1, 0.15) is 17.7 Å². The Balaban J connectivity index is 1.31. The number of hydrogen-bond acceptors (Lipinski definition) is 3. The van der Waals surface area contributed by atoms with Crippen LogP contribution in [0.3, 0.4) is 0 Å². The fraction of sp³-hybridized carbons (Fsp3) is 0.522. The summed E-state index contributed by atoms with van der Waals surface area (Å²) in [7, 11) is 6.03. The van der Waals surface area contributed by atoms with Gasteiger partial charge in [0.2, 0.25) is 0 Å². The summed E-state index contributed by atoms with van der Waals surface area (Å²) in [4.78, 5) is 11.8. The van der Waals surface area contributed by atoms with Crippen LogP contribution in [0.2, 0.25) is 0 Å². The highest BCUT2D eigenvalue weighted by Crippen LogP contribution is 2.08. The van der Waals surface area contributed by atoms with Crippen LogP contribution in [-0.4, -0.2) is 78.6 Å². The minimum atomic E-state index is 0.854. The van der Waals surface area contributed by atoms with Gasteiger partial charge in [0.25, 0.3) is 0 Å². The number of aliphatic imine (C=N–C) groups is 1. The fourth-order valence-electron chi connectivity index (χ4n) is 3.88. The van der Waals surface area contributed by atoms with Gasteiger partial charge in [-0.1, -0.05) is 30.3 Å². The van der Waals surface area contributed by atoms with Gasteiger partial charge < -0.3 is 19.7 Å². The molecule has 0 saturated carbocycles. The zero-order chi connectivity index (χ0) is 20.5. The highest BCUT2D eigenvalue weighted by Gasteiger charge is 2.16. The molecule has 1 aliphatic heterocycles. The molecule has 158 valence electrons. The summed E-state index contributed by atoms with van der Waals surface area (Å²) >= 11 is 0. The first kappa shape index (κ1) is 21.4. The van der Waals surface area contributed by atoms with Crippen LogP contribution in [0.5, 0.6) is 0 Å². The van der Waals surface area contributed by atoms with Crippen LogP contribution in [0.25, 0.3) is 0 Å². The topological polar surface area (TPSA) is 39.0 Å². The maximum absolute atomic E-state index is 4.43. The maximum atomic E-state index is 4.43. The lowest BCUT2D eigenvalue weighted by atomic mass is 10.2. The Bertz CT molecular complexity index is 746. The van der Waals surface area contributed by atoms with E-state index in [4.69, 9.17) is 0 Å². The lowest BCUT2D eigenvalue weighted by molar-refractivity contribution is 0.126. The number of nitrogens with zero attached hydrogens (tertiary/aromatic N) is 5. The highest BCUT2D eigenvalue weighted by molar-refractivity contribution is 5.79. The van der Waals surface area contributed by atoms with Crippen LogP contribution in [0.15, 0.2) is 53.7 Å². The maximum Gasteiger partial charge on any atom is 0.193 e. The predicted molar refractivity (Wildman–Crippen MR) is 121 cm³/mol. The van der Waals surface area contributed by atoms with E-state index in [1.54, 1.807) is 0 Å². The molecular formula is C23H36N6. The summed E-state index contributed by atoms with van der Waals surface area (Å²) in [5.74, 6) is 0.957. The van der Waals surface area contributed by atoms with E-state index in [0.29, 0.717) is 0 Å². The lowest BCUT2D eigenvalue weighted by Gasteiger charge is -2.34. The Labute approximate surface area is 175 Å². The lowest BCUT2D eigenvalue weighted by Crippen LogP contribution is -2.46. The summed E-state index contributed by atoms with van der Waals surface area (Å²) < 4.78 is 2.15. The van der Waals surface area contributed by atoms with Gasteiger partial charge in [-0.25, -0.2) is 0 Å². The SMILES string of the molecule is CN=C(NCCCN1CCN(Cc2ccccc2)CC1)N(C)Cc1cccn1C. The number of aryl methyl sites for hydroxylation is 1. The highest BCUT2D eigenvalue weighted by atomic mass is 15.3. The number of piperazine rings is 1. The second kappa shape index (κ2) is 11.0. The van der Waals surface area contributed by atoms with E-state index in [-0.39, 0.29) is 0 Å². The van der Waals surface area contributed by atoms with Crippen LogP contribution >= 0.6 is 0 Å². The van der Waals surface area contributed by atoms with Crippen molar-refractivity contribution < 1.29 is 0 Å². The predicted octanol–water partition coefficient (Wildman–Crippen LogP) is 2.24. The van der Waals surface area contributed by atoms with Crippen LogP contribution in [0, 0.1) is 0 Å². The molecular weight excluding hydrogens is 360 g/mol. The van der Waals surface area contributed by atoms with Crippen molar-refractivity contribution >= 4 is 5.96 Å². The van der Waals surface area contributed by atoms with Gasteiger partial charge in [-0.3, -0.25) is 9.89 Å². The molecule has 0 radical (unpaired) electrons. The Morgan fingerprint density at radius 1 is 1.03 bits per heavy atom. The number of aromatic nitrogens is 1. The van der Waals surface area contributed by atoms with Crippen LogP contribution in [-0.2, 0) is 20.1 Å². The van der Waals surface area contributed by atoms with Gasteiger partial charge in [0.1, 0.15) is 0 Å². The molecule has 0 amide bonds. The van der Waals surface area contributed by atoms with Crippen molar-refractivity contribution in [1.29, 1.82) is 0 Å². The van der Waals surface area contributed by atoms with Gasteiger partial charge in [0.05, 0.1) is 6.54 Å². The van der Waals surface area contributed by atoms with E-state index in [2.05, 4.69) is 92.3 Å². The van der Waals surface area contributed by atoms with E-state index < -0.39 is 0 Å². The Morgan fingerprint density at radius 2 is 1.76 bits per heavy atom. The molecule has 1 saturated heterocycles. The van der Waals surface area contributed by atoms with Gasteiger partial charge in [0, 0.05) is 72.3 Å². The average molecular weight is 397 g/mol. The number of hydrogen-bond donors (Lipinski definition) is 1. The molecule has 1 aromatic heterocycles. The monoisotopic (exact) mass is 396 g/mol. The van der Waals surface area contributed by atoms with Crippen molar-refractivity contribution in [1.82, 2.24) is 24.6 Å². The molecule has 2 aromatic rings. The molecule has 0 spiro atoms. The largest absolute Gasteiger partial charge is 0.356 e. The van der Waals surface area contributed by atoms with Gasteiger partial charge in [-0.15, -0.1) is 0 Å². The second-order valence-electron chi connectivity index (χ2n) is 7.90. The summed E-state index contributed by atoms with van der Waals surface area (Å²) in [6.07, 6.45) is 3.22. The third-order valence-electron chi connectivity index (χ3n) is 5.67. The van der Waals surface area contributed by atoms with Crippen molar-refractivity contribution in [3.05, 3.63) is 59.9 Å². The van der Waals surface area contributed by atoms with Crippen molar-refractivity contribution in [3.8, 4) is 0 Å². The Morgan fingerprint density at radius 3 is 2.41 bits per heavy atom. The normalized spacial score (nSPS) is 16.2. The summed E-state index contributed by atoms with van der Waals surface area (Å²) in [5.41, 5.74) is 2.69. The smallest absolute Gasteiger partial charge is 0.193 e. The first-order chi connectivity index (χ1) is 14.2. The number of rotatable bonds is 8. The molecule has 0 unspecified atom stereocenters. The minimum absolute atomic E-state index is 0.854. The summed E-state index contributed by atoms with van der Waals surface area (Å²) in [6, 6.07) is 15.0. The molecule has 0 bridgehead atoms. The first-order valence-corrected chi connectivity index (χ1v) is 10.7. The second-order valence-corrected chi connectivity index (χ2v) is 7.90. The zero-order valence-corrected chi connectivity index (χ0v) is 18.2. The molecule has 1 aliphatic rings. The zero-order valence-electron chi connectivity index (χ0n) is 18.2. The summed E-state index contributed by atoms with van der Waals surface area (Å²) in [6.45, 7) is 8.66. The van der Waals surface area contributed by atoms with E-state index in [0.717, 1.165) is 64.7 Å². The number of guanidine groups is 1. The number of benzene rings is 1. The number of nitrogens with one attached hydrogen (secondary N) is 1. The van der Waals surface area contributed by atoms with Crippen molar-refractivity contribution in [2.45, 2.75) is 19.5 Å². The van der Waals surface area contributed by atoms with Crippen molar-refractivity contribution in [2.75, 3.05) is 53.4 Å². The standard InChI is InChI=1S/C23H36N6/c1-24-23(27(3)20-22-11-7-13-26(22)2)25-12-8-14-28-15-17-29(18-16-28)19-21-9-5-4-6-10-21/h4-7,9-11,13H,8,12,14-20H2,1-3H3,(H,24,25). The molecule has 6 heteroatoms. The molecule has 1 N–H and O–H groups in total. The fourth-order valence-corrected chi connectivity index (χ4v) is 3.88. The molecule has 2 heterocycles. The third-order valence-corrected chi connectivity index (χ3v) is 5.67. The molecule has 0 atom stereocenters. The molecule has 0 aliphatic carbocycles. The van der Waals surface area contributed by atoms with Crippen LogP contribution < -0.4 is 5.32 Å². The van der Waals surface area contributed by atoms with E-state index in [9.17, 15) is 0 Å². The molecule has 1 fully saturated rings. The van der Waals surface area contributed by atoms with Crippen molar-refractivity contribution in [2.24, 2.45) is 12.0 Å². The molecule has 6 nitrogen and oxygen atoms in total. The average Bonchev–Trinajstić information content (AvgIpc) is 3.14. The van der Waals surface area contributed by atoms with Crippen molar-refractivity contribution in [3.63, 3.8) is 0 Å². The van der Waals surface area contributed by atoms with Crippen LogP contribution in [0.4, 0.5) is 0 Å². The van der Waals surface area contributed by atoms with Gasteiger partial charge in [-0.2, -0.15) is 0 Å². The third kappa shape index (κ3) is 6.61. The molecule has 3 rings (SSSR count). The summed E-state index contributed by atoms with van der Waals surface area (Å²) in [5, 5.41) is 3.51. The van der Waals surface area contributed by atoms with Gasteiger partial charge in [0.15, 0.2) is 5.96 Å². The Hall–Kier alpha value is -2.31. The quantitative estimate of drug-likeness (QED) is 0.422. The van der Waals surface area contributed by atoms with E-state index >= 15 is 0 Å². The molecule has 1 aromatic carbocycles. The van der Waals surface area contributed by atoms with Gasteiger partial charge >= 0.3 is 0 Å². The Kier molecular flexibility index (Phi) is 8.14. The van der Waals surface area contributed by atoms with Gasteiger partial charge in [-0.05, 0) is 30.7 Å². The van der Waals surface area contributed by atoms with E-state index in [1.165, 1.54) is 11.3 Å². The molecule has 29 heavy (non-hydrogen) atoms. The minimum Gasteiger partial charge on any atom is -0.356 e. The van der Waals surface area contributed by atoms with E-state index in [1.807, 2.05) is 7.05 Å².